The molecule has 2 saturated heterocycles. The van der Waals surface area contributed by atoms with Gasteiger partial charge in [-0.3, -0.25) is 4.79 Å². The van der Waals surface area contributed by atoms with Crippen LogP contribution in [-0.4, -0.2) is 57.9 Å². The van der Waals surface area contributed by atoms with Crippen LogP contribution in [0.3, 0.4) is 0 Å². The third kappa shape index (κ3) is 4.72. The number of ether oxygens (including phenoxy) is 1. The molecule has 0 aromatic heterocycles. The van der Waals surface area contributed by atoms with Gasteiger partial charge >= 0.3 is 0 Å². The fourth-order valence-electron chi connectivity index (χ4n) is 5.50. The van der Waals surface area contributed by atoms with E-state index in [4.69, 9.17) is 4.74 Å². The monoisotopic (exact) mass is 532 g/mol. The number of para-hydroxylation sites is 3. The zero-order valence-corrected chi connectivity index (χ0v) is 22.1. The van der Waals surface area contributed by atoms with Gasteiger partial charge in [-0.05, 0) is 43.2 Å². The summed E-state index contributed by atoms with van der Waals surface area (Å²) < 4.78 is 36.0. The highest BCUT2D eigenvalue weighted by Crippen LogP contribution is 2.41. The number of rotatable bonds is 4. The summed E-state index contributed by atoms with van der Waals surface area (Å²) >= 11 is 0. The standard InChI is InChI=1S/C29H32N4O4S/c34-29-23-20-28(38(35,36)33-14-8-1-2-9-15-33)25(21-27(23)37-26-13-7-6-12-24(26)30-29)32-18-16-31(17-19-32)22-10-4-3-5-11-22/h3-7,10-13,20-21H,1-2,8-9,14-19H2,(H,30,34). The minimum absolute atomic E-state index is 0.177. The van der Waals surface area contributed by atoms with Crippen molar-refractivity contribution >= 4 is 33.0 Å². The molecule has 6 rings (SSSR count). The second kappa shape index (κ2) is 10.3. The van der Waals surface area contributed by atoms with Gasteiger partial charge in [0, 0.05) is 51.0 Å². The van der Waals surface area contributed by atoms with Crippen LogP contribution in [0.4, 0.5) is 17.1 Å². The number of amides is 1. The molecule has 38 heavy (non-hydrogen) atoms. The molecular weight excluding hydrogens is 500 g/mol. The Hall–Kier alpha value is -3.56. The van der Waals surface area contributed by atoms with E-state index in [1.165, 1.54) is 6.07 Å². The Morgan fingerprint density at radius 1 is 0.711 bits per heavy atom. The smallest absolute Gasteiger partial charge is 0.259 e. The van der Waals surface area contributed by atoms with E-state index >= 15 is 0 Å². The van der Waals surface area contributed by atoms with E-state index in [0.717, 1.165) is 44.5 Å². The molecule has 3 heterocycles. The fraction of sp³-hybridized carbons (Fsp3) is 0.345. The second-order valence-corrected chi connectivity index (χ2v) is 11.9. The molecule has 1 N–H and O–H groups in total. The number of nitrogens with one attached hydrogen (secondary N) is 1. The first-order valence-electron chi connectivity index (χ1n) is 13.3. The molecule has 0 spiro atoms. The Bertz CT molecular complexity index is 1430. The van der Waals surface area contributed by atoms with Gasteiger partial charge in [-0.2, -0.15) is 4.31 Å². The van der Waals surface area contributed by atoms with Crippen molar-refractivity contribution in [3.63, 3.8) is 0 Å². The molecule has 9 heteroatoms. The Balaban J connectivity index is 1.40. The lowest BCUT2D eigenvalue weighted by Gasteiger charge is -2.38. The molecule has 0 unspecified atom stereocenters. The molecule has 0 aliphatic carbocycles. The molecule has 3 aromatic rings. The highest BCUT2D eigenvalue weighted by molar-refractivity contribution is 7.89. The largest absolute Gasteiger partial charge is 0.454 e. The number of hydrogen-bond donors (Lipinski definition) is 1. The van der Waals surface area contributed by atoms with Crippen molar-refractivity contribution in [2.75, 3.05) is 54.4 Å². The van der Waals surface area contributed by atoms with Crippen LogP contribution >= 0.6 is 0 Å². The number of hydrogen-bond acceptors (Lipinski definition) is 6. The van der Waals surface area contributed by atoms with Crippen LogP contribution in [0.2, 0.25) is 0 Å². The van der Waals surface area contributed by atoms with Crippen LogP contribution < -0.4 is 19.9 Å². The molecule has 0 bridgehead atoms. The van der Waals surface area contributed by atoms with Crippen LogP contribution in [0.25, 0.3) is 0 Å². The molecule has 3 aromatic carbocycles. The maximum Gasteiger partial charge on any atom is 0.259 e. The lowest BCUT2D eigenvalue weighted by atomic mass is 10.1. The van der Waals surface area contributed by atoms with Crippen molar-refractivity contribution in [1.82, 2.24) is 4.31 Å². The summed E-state index contributed by atoms with van der Waals surface area (Å²) in [7, 11) is -3.82. The first-order chi connectivity index (χ1) is 18.5. The fourth-order valence-corrected chi connectivity index (χ4v) is 7.23. The molecule has 1 amide bonds. The van der Waals surface area contributed by atoms with Crippen LogP contribution in [0.5, 0.6) is 11.5 Å². The van der Waals surface area contributed by atoms with Crippen LogP contribution in [0.1, 0.15) is 36.0 Å². The first-order valence-corrected chi connectivity index (χ1v) is 14.8. The SMILES string of the molecule is O=C1Nc2ccccc2Oc2cc(N3CCN(c4ccccc4)CC3)c(S(=O)(=O)N3CCCCCC3)cc21. The third-order valence-corrected chi connectivity index (χ3v) is 9.51. The van der Waals surface area contributed by atoms with E-state index in [1.54, 1.807) is 22.5 Å². The zero-order chi connectivity index (χ0) is 26.1. The Morgan fingerprint density at radius 3 is 2.11 bits per heavy atom. The van der Waals surface area contributed by atoms with E-state index in [9.17, 15) is 13.2 Å². The molecule has 8 nitrogen and oxygen atoms in total. The number of carbonyl (C=O) groups is 1. The molecule has 2 fully saturated rings. The first kappa shape index (κ1) is 24.8. The van der Waals surface area contributed by atoms with E-state index in [0.29, 0.717) is 49.1 Å². The van der Waals surface area contributed by atoms with Crippen molar-refractivity contribution in [2.24, 2.45) is 0 Å². The number of anilines is 3. The van der Waals surface area contributed by atoms with Crippen molar-refractivity contribution in [3.8, 4) is 11.5 Å². The summed E-state index contributed by atoms with van der Waals surface area (Å²) in [6, 6.07) is 20.8. The number of nitrogens with zero attached hydrogens (tertiary/aromatic N) is 3. The lowest BCUT2D eigenvalue weighted by molar-refractivity contribution is 0.102. The van der Waals surface area contributed by atoms with Gasteiger partial charge in [0.2, 0.25) is 10.0 Å². The Morgan fingerprint density at radius 2 is 1.37 bits per heavy atom. The van der Waals surface area contributed by atoms with E-state index < -0.39 is 10.0 Å². The number of carbonyl (C=O) groups excluding carboxylic acids is 1. The molecular formula is C29H32N4O4S. The van der Waals surface area contributed by atoms with E-state index in [1.807, 2.05) is 30.3 Å². The van der Waals surface area contributed by atoms with Crippen LogP contribution in [0.15, 0.2) is 71.6 Å². The number of fused-ring (bicyclic) bond motifs is 2. The van der Waals surface area contributed by atoms with Gasteiger partial charge in [-0.1, -0.05) is 43.2 Å². The molecule has 0 radical (unpaired) electrons. The summed E-state index contributed by atoms with van der Waals surface area (Å²) in [5.74, 6) is 0.517. The van der Waals surface area contributed by atoms with Crippen molar-refractivity contribution in [2.45, 2.75) is 30.6 Å². The van der Waals surface area contributed by atoms with E-state index in [-0.39, 0.29) is 16.4 Å². The van der Waals surface area contributed by atoms with E-state index in [2.05, 4.69) is 27.2 Å². The minimum atomic E-state index is -3.82. The average Bonchev–Trinajstić information content (AvgIpc) is 3.31. The van der Waals surface area contributed by atoms with Gasteiger partial charge in [0.15, 0.2) is 5.75 Å². The minimum Gasteiger partial charge on any atom is -0.454 e. The number of benzene rings is 3. The third-order valence-electron chi connectivity index (χ3n) is 7.59. The molecule has 3 aliphatic rings. The summed E-state index contributed by atoms with van der Waals surface area (Å²) in [6.07, 6.45) is 3.74. The molecule has 198 valence electrons. The normalized spacial score (nSPS) is 18.5. The summed E-state index contributed by atoms with van der Waals surface area (Å²) in [5, 5.41) is 2.88. The lowest BCUT2D eigenvalue weighted by Crippen LogP contribution is -2.47. The second-order valence-electron chi connectivity index (χ2n) is 10.00. The van der Waals surface area contributed by atoms with Gasteiger partial charge in [-0.25, -0.2) is 8.42 Å². The molecule has 0 atom stereocenters. The van der Waals surface area contributed by atoms with Crippen LogP contribution in [-0.2, 0) is 10.0 Å². The highest BCUT2D eigenvalue weighted by Gasteiger charge is 2.34. The quantitative estimate of drug-likeness (QED) is 0.513. The Labute approximate surface area is 223 Å². The topological polar surface area (TPSA) is 82.2 Å². The molecule has 3 aliphatic heterocycles. The number of sulfonamides is 1. The van der Waals surface area contributed by atoms with Crippen LogP contribution in [0, 0.1) is 0 Å². The average molecular weight is 533 g/mol. The van der Waals surface area contributed by atoms with Gasteiger partial charge in [0.25, 0.3) is 5.91 Å². The predicted octanol–water partition coefficient (Wildman–Crippen LogP) is 4.94. The van der Waals surface area contributed by atoms with Crippen molar-refractivity contribution in [3.05, 3.63) is 72.3 Å². The predicted molar refractivity (Wildman–Crippen MR) is 149 cm³/mol. The maximum absolute atomic E-state index is 14.1. The van der Waals surface area contributed by atoms with Crippen molar-refractivity contribution in [1.29, 1.82) is 0 Å². The summed E-state index contributed by atoms with van der Waals surface area (Å²) in [4.78, 5) is 17.8. The highest BCUT2D eigenvalue weighted by atomic mass is 32.2. The number of piperazine rings is 1. The van der Waals surface area contributed by atoms with Crippen molar-refractivity contribution < 1.29 is 17.9 Å². The van der Waals surface area contributed by atoms with Gasteiger partial charge in [0.1, 0.15) is 10.6 Å². The summed E-state index contributed by atoms with van der Waals surface area (Å²) in [5.41, 5.74) is 2.53. The van der Waals surface area contributed by atoms with Gasteiger partial charge in [-0.15, -0.1) is 0 Å². The van der Waals surface area contributed by atoms with Gasteiger partial charge < -0.3 is 19.9 Å². The Kier molecular flexibility index (Phi) is 6.71. The molecule has 0 saturated carbocycles. The maximum atomic E-state index is 14.1. The zero-order valence-electron chi connectivity index (χ0n) is 21.3. The summed E-state index contributed by atoms with van der Waals surface area (Å²) in [6.45, 7) is 3.81. The van der Waals surface area contributed by atoms with Gasteiger partial charge in [0.05, 0.1) is 16.9 Å².